The Kier molecular flexibility index (Phi) is 2.89. The van der Waals surface area contributed by atoms with E-state index in [1.165, 1.54) is 44.5 Å². The van der Waals surface area contributed by atoms with Gasteiger partial charge in [0.15, 0.2) is 11.5 Å². The van der Waals surface area contributed by atoms with Crippen molar-refractivity contribution >= 4 is 0 Å². The number of pyridine rings is 1. The van der Waals surface area contributed by atoms with E-state index in [1.54, 1.807) is 0 Å². The second-order valence-electron chi connectivity index (χ2n) is 6.91. The number of aromatic nitrogens is 1. The van der Waals surface area contributed by atoms with E-state index in [0.29, 0.717) is 12.2 Å². The van der Waals surface area contributed by atoms with Gasteiger partial charge in [-0.1, -0.05) is 6.07 Å². The average Bonchev–Trinajstić information content (AvgIpc) is 3.19. The molecule has 2 unspecified atom stereocenters. The molecule has 3 aliphatic heterocycles. The number of rotatable bonds is 2. The van der Waals surface area contributed by atoms with Crippen LogP contribution in [0.3, 0.4) is 0 Å². The number of fused-ring (bicyclic) bond motifs is 3. The van der Waals surface area contributed by atoms with E-state index in [1.807, 2.05) is 18.2 Å². The van der Waals surface area contributed by atoms with Crippen molar-refractivity contribution in [2.45, 2.75) is 24.7 Å². The molecule has 0 aliphatic carbocycles. The maximum absolute atomic E-state index is 5.46. The number of nitrogens with zero attached hydrogens (tertiary/aromatic N) is 2. The molecule has 2 saturated heterocycles. The zero-order chi connectivity index (χ0) is 15.3. The molecule has 0 N–H and O–H groups in total. The summed E-state index contributed by atoms with van der Waals surface area (Å²) in [4.78, 5) is 7.34. The fourth-order valence-electron chi connectivity index (χ4n) is 4.31. The molecule has 0 radical (unpaired) electrons. The summed E-state index contributed by atoms with van der Waals surface area (Å²) >= 11 is 0. The van der Waals surface area contributed by atoms with Gasteiger partial charge < -0.3 is 14.4 Å². The van der Waals surface area contributed by atoms with Gasteiger partial charge in [-0.2, -0.15) is 0 Å². The van der Waals surface area contributed by atoms with Crippen LogP contribution in [0.1, 0.15) is 24.8 Å². The van der Waals surface area contributed by atoms with Crippen LogP contribution in [0.2, 0.25) is 0 Å². The second kappa shape index (κ2) is 4.96. The summed E-state index contributed by atoms with van der Waals surface area (Å²) in [5.74, 6) is 1.63. The van der Waals surface area contributed by atoms with E-state index in [-0.39, 0.29) is 0 Å². The maximum atomic E-state index is 5.46. The summed E-state index contributed by atoms with van der Waals surface area (Å²) in [6, 6.07) is 10.5. The van der Waals surface area contributed by atoms with Gasteiger partial charge in [0.25, 0.3) is 0 Å². The Hall–Kier alpha value is -2.07. The molecular weight excluding hydrogens is 288 g/mol. The van der Waals surface area contributed by atoms with Crippen molar-refractivity contribution in [3.63, 3.8) is 0 Å². The molecule has 4 heterocycles. The highest BCUT2D eigenvalue weighted by Crippen LogP contribution is 2.42. The van der Waals surface area contributed by atoms with Gasteiger partial charge in [0.2, 0.25) is 6.79 Å². The largest absolute Gasteiger partial charge is 0.454 e. The zero-order valence-electron chi connectivity index (χ0n) is 13.1. The summed E-state index contributed by atoms with van der Waals surface area (Å²) < 4.78 is 10.8. The van der Waals surface area contributed by atoms with Gasteiger partial charge in [-0.25, -0.2) is 0 Å². The van der Waals surface area contributed by atoms with Gasteiger partial charge >= 0.3 is 0 Å². The minimum absolute atomic E-state index is 0.310. The standard InChI is InChI=1S/C19H20N2O2/c1-6-19(7-9-21(8-1)12-19)15-3-4-16(20-11-15)14-2-5-17-18(10-14)23-13-22-17/h2-5,10-11H,1,6-9,12-13H2. The molecule has 4 heteroatoms. The number of hydrogen-bond donors (Lipinski definition) is 0. The third kappa shape index (κ3) is 2.12. The summed E-state index contributed by atoms with van der Waals surface area (Å²) in [6.45, 7) is 4.02. The molecule has 5 rings (SSSR count). The smallest absolute Gasteiger partial charge is 0.231 e. The van der Waals surface area contributed by atoms with E-state index < -0.39 is 0 Å². The maximum Gasteiger partial charge on any atom is 0.231 e. The highest BCUT2D eigenvalue weighted by Gasteiger charge is 2.42. The molecule has 0 saturated carbocycles. The Bertz CT molecular complexity index is 740. The summed E-state index contributed by atoms with van der Waals surface area (Å²) in [7, 11) is 0. The molecule has 0 amide bonds. The second-order valence-corrected chi connectivity index (χ2v) is 6.91. The van der Waals surface area contributed by atoms with Crippen LogP contribution in [0.5, 0.6) is 11.5 Å². The van der Waals surface area contributed by atoms with Crippen LogP contribution >= 0.6 is 0 Å². The molecular formula is C19H20N2O2. The normalized spacial score (nSPS) is 28.1. The fraction of sp³-hybridized carbons (Fsp3) is 0.421. The Labute approximate surface area is 136 Å². The van der Waals surface area contributed by atoms with Gasteiger partial charge in [0, 0.05) is 23.7 Å². The molecule has 1 aromatic carbocycles. The van der Waals surface area contributed by atoms with Gasteiger partial charge in [-0.3, -0.25) is 4.98 Å². The van der Waals surface area contributed by atoms with Crippen molar-refractivity contribution in [2.24, 2.45) is 0 Å². The minimum atomic E-state index is 0.310. The molecule has 2 bridgehead atoms. The number of piperidine rings is 1. The van der Waals surface area contributed by atoms with Gasteiger partial charge in [-0.05, 0) is 62.2 Å². The lowest BCUT2D eigenvalue weighted by Crippen LogP contribution is -2.36. The Morgan fingerprint density at radius 3 is 2.87 bits per heavy atom. The van der Waals surface area contributed by atoms with E-state index >= 15 is 0 Å². The average molecular weight is 308 g/mol. The molecule has 1 aromatic heterocycles. The zero-order valence-corrected chi connectivity index (χ0v) is 13.1. The Balaban J connectivity index is 1.46. The first-order valence-electron chi connectivity index (χ1n) is 8.41. The van der Waals surface area contributed by atoms with Crippen molar-refractivity contribution in [3.8, 4) is 22.8 Å². The monoisotopic (exact) mass is 308 g/mol. The molecule has 3 aliphatic rings. The quantitative estimate of drug-likeness (QED) is 0.853. The van der Waals surface area contributed by atoms with Crippen LogP contribution < -0.4 is 9.47 Å². The summed E-state index contributed by atoms with van der Waals surface area (Å²) in [6.07, 6.45) is 5.98. The molecule has 2 fully saturated rings. The van der Waals surface area contributed by atoms with E-state index in [0.717, 1.165) is 22.8 Å². The minimum Gasteiger partial charge on any atom is -0.454 e. The van der Waals surface area contributed by atoms with Gasteiger partial charge in [0.1, 0.15) is 0 Å². The van der Waals surface area contributed by atoms with Crippen LogP contribution in [0.25, 0.3) is 11.3 Å². The molecule has 118 valence electrons. The van der Waals surface area contributed by atoms with E-state index in [9.17, 15) is 0 Å². The first-order chi connectivity index (χ1) is 11.3. The third-order valence-electron chi connectivity index (χ3n) is 5.61. The van der Waals surface area contributed by atoms with Crippen LogP contribution in [0.15, 0.2) is 36.5 Å². The van der Waals surface area contributed by atoms with Crippen LogP contribution in [0, 0.1) is 0 Å². The lowest BCUT2D eigenvalue weighted by atomic mass is 9.75. The first kappa shape index (κ1) is 13.4. The van der Waals surface area contributed by atoms with Gasteiger partial charge in [0.05, 0.1) is 5.69 Å². The number of benzene rings is 1. The van der Waals surface area contributed by atoms with Crippen LogP contribution in [0.4, 0.5) is 0 Å². The van der Waals surface area contributed by atoms with Crippen LogP contribution in [-0.2, 0) is 5.41 Å². The molecule has 4 nitrogen and oxygen atoms in total. The van der Waals surface area contributed by atoms with Crippen molar-refractivity contribution < 1.29 is 9.47 Å². The molecule has 2 atom stereocenters. The first-order valence-corrected chi connectivity index (χ1v) is 8.41. The predicted octanol–water partition coefficient (Wildman–Crippen LogP) is 3.21. The van der Waals surface area contributed by atoms with Crippen LogP contribution in [-0.4, -0.2) is 36.3 Å². The SMILES string of the molecule is c1cc2c(cc1-c1ccc(C34CCCN(CC3)C4)cn1)OCO2. The van der Waals surface area contributed by atoms with Crippen molar-refractivity contribution in [2.75, 3.05) is 26.4 Å². The third-order valence-corrected chi connectivity index (χ3v) is 5.61. The number of ether oxygens (including phenoxy) is 2. The Morgan fingerprint density at radius 1 is 1.00 bits per heavy atom. The van der Waals surface area contributed by atoms with Gasteiger partial charge in [-0.15, -0.1) is 0 Å². The number of hydrogen-bond acceptors (Lipinski definition) is 4. The molecule has 2 aromatic rings. The van der Waals surface area contributed by atoms with Crippen molar-refractivity contribution in [1.82, 2.24) is 9.88 Å². The van der Waals surface area contributed by atoms with Crippen molar-refractivity contribution in [1.29, 1.82) is 0 Å². The summed E-state index contributed by atoms with van der Waals surface area (Å²) in [5.41, 5.74) is 3.83. The molecule has 0 spiro atoms. The topological polar surface area (TPSA) is 34.6 Å². The van der Waals surface area contributed by atoms with E-state index in [4.69, 9.17) is 14.5 Å². The molecule has 23 heavy (non-hydrogen) atoms. The lowest BCUT2D eigenvalue weighted by Gasteiger charge is -2.34. The summed E-state index contributed by atoms with van der Waals surface area (Å²) in [5, 5.41) is 0. The van der Waals surface area contributed by atoms with E-state index in [2.05, 4.69) is 23.2 Å². The van der Waals surface area contributed by atoms with Crippen molar-refractivity contribution in [3.05, 3.63) is 42.1 Å². The highest BCUT2D eigenvalue weighted by atomic mass is 16.7. The lowest BCUT2D eigenvalue weighted by molar-refractivity contribution is 0.174. The highest BCUT2D eigenvalue weighted by molar-refractivity contribution is 5.64. The predicted molar refractivity (Wildman–Crippen MR) is 87.8 cm³/mol. The Morgan fingerprint density at radius 2 is 1.96 bits per heavy atom. The fourth-order valence-corrected chi connectivity index (χ4v) is 4.31.